The van der Waals surface area contributed by atoms with Crippen molar-refractivity contribution in [2.75, 3.05) is 0 Å². The van der Waals surface area contributed by atoms with Gasteiger partial charge in [-0.3, -0.25) is 0 Å². The van der Waals surface area contributed by atoms with E-state index in [2.05, 4.69) is 0 Å². The molecule has 0 amide bonds. The molecule has 88 valence electrons. The molecule has 2 rings (SSSR count). The van der Waals surface area contributed by atoms with Gasteiger partial charge < -0.3 is 4.18 Å². The molecule has 5 heteroatoms. The summed E-state index contributed by atoms with van der Waals surface area (Å²) in [5.41, 5.74) is 0. The van der Waals surface area contributed by atoms with Crippen LogP contribution < -0.4 is 4.18 Å². The minimum absolute atomic E-state index is 0.493. The average Bonchev–Trinajstić information content (AvgIpc) is 2.32. The third kappa shape index (κ3) is 3.46. The highest BCUT2D eigenvalue weighted by molar-refractivity contribution is 7.80. The average molecular weight is 287 g/mol. The van der Waals surface area contributed by atoms with Crippen LogP contribution in [-0.2, 0) is 11.1 Å². The second kappa shape index (κ2) is 5.54. The number of hydrogen-bond donors (Lipinski definition) is 0. The molecule has 1 unspecified atom stereocenters. The van der Waals surface area contributed by atoms with Crippen LogP contribution in [0.5, 0.6) is 5.75 Å². The normalized spacial score (nSPS) is 12.1. The predicted molar refractivity (Wildman–Crippen MR) is 69.9 cm³/mol. The van der Waals surface area contributed by atoms with E-state index in [9.17, 15) is 4.21 Å². The second-order valence-electron chi connectivity index (χ2n) is 3.23. The zero-order valence-electron chi connectivity index (χ0n) is 8.60. The van der Waals surface area contributed by atoms with Crippen molar-refractivity contribution in [2.45, 2.75) is 4.90 Å². The van der Waals surface area contributed by atoms with E-state index in [4.69, 9.17) is 27.4 Å². The SMILES string of the molecule is O=S(Oc1ccc(Cl)cc1)c1cccc(Cl)c1. The van der Waals surface area contributed by atoms with Crippen molar-refractivity contribution in [1.82, 2.24) is 0 Å². The van der Waals surface area contributed by atoms with E-state index in [1.165, 1.54) is 0 Å². The Morgan fingerprint density at radius 2 is 1.65 bits per heavy atom. The molecular weight excluding hydrogens is 279 g/mol. The van der Waals surface area contributed by atoms with Crippen LogP contribution in [-0.4, -0.2) is 4.21 Å². The molecule has 0 bridgehead atoms. The van der Waals surface area contributed by atoms with Crippen molar-refractivity contribution >= 4 is 34.3 Å². The Labute approximate surface area is 112 Å². The van der Waals surface area contributed by atoms with Crippen molar-refractivity contribution < 1.29 is 8.39 Å². The number of hydrogen-bond acceptors (Lipinski definition) is 2. The Kier molecular flexibility index (Phi) is 4.05. The fraction of sp³-hybridized carbons (Fsp3) is 0. The molecule has 2 aromatic carbocycles. The lowest BCUT2D eigenvalue weighted by Gasteiger charge is -2.04. The first-order chi connectivity index (χ1) is 8.15. The van der Waals surface area contributed by atoms with E-state index in [1.807, 2.05) is 0 Å². The Hall–Kier alpha value is -1.03. The zero-order chi connectivity index (χ0) is 12.3. The summed E-state index contributed by atoms with van der Waals surface area (Å²) in [7, 11) is 0. The van der Waals surface area contributed by atoms with Crippen molar-refractivity contribution in [2.24, 2.45) is 0 Å². The summed E-state index contributed by atoms with van der Waals surface area (Å²) in [6, 6.07) is 13.4. The first-order valence-electron chi connectivity index (χ1n) is 4.76. The molecule has 0 spiro atoms. The first-order valence-corrected chi connectivity index (χ1v) is 6.59. The number of benzene rings is 2. The van der Waals surface area contributed by atoms with E-state index in [-0.39, 0.29) is 0 Å². The lowest BCUT2D eigenvalue weighted by molar-refractivity contribution is 0.562. The highest BCUT2D eigenvalue weighted by atomic mass is 35.5. The van der Waals surface area contributed by atoms with Gasteiger partial charge in [-0.1, -0.05) is 29.3 Å². The lowest BCUT2D eigenvalue weighted by Crippen LogP contribution is -2.00. The van der Waals surface area contributed by atoms with Crippen LogP contribution in [0.15, 0.2) is 53.4 Å². The van der Waals surface area contributed by atoms with Gasteiger partial charge in [-0.15, -0.1) is 0 Å². The summed E-state index contributed by atoms with van der Waals surface area (Å²) in [4.78, 5) is 0.521. The molecule has 1 atom stereocenters. The molecule has 0 fully saturated rings. The predicted octanol–water partition coefficient (Wildman–Crippen LogP) is 4.10. The molecule has 0 saturated carbocycles. The van der Waals surface area contributed by atoms with Gasteiger partial charge >= 0.3 is 0 Å². The monoisotopic (exact) mass is 286 g/mol. The van der Waals surface area contributed by atoms with Crippen LogP contribution in [0.3, 0.4) is 0 Å². The molecule has 2 aromatic rings. The van der Waals surface area contributed by atoms with Crippen LogP contribution in [0.1, 0.15) is 0 Å². The lowest BCUT2D eigenvalue weighted by atomic mass is 10.3. The van der Waals surface area contributed by atoms with E-state index >= 15 is 0 Å². The summed E-state index contributed by atoms with van der Waals surface area (Å²) in [5.74, 6) is 0.493. The highest BCUT2D eigenvalue weighted by Gasteiger charge is 2.06. The van der Waals surface area contributed by atoms with Crippen LogP contribution in [0.2, 0.25) is 10.0 Å². The molecule has 0 aliphatic carbocycles. The summed E-state index contributed by atoms with van der Waals surface area (Å²) in [6.07, 6.45) is 0. The third-order valence-corrected chi connectivity index (χ3v) is 3.44. The molecule has 0 saturated heterocycles. The molecule has 0 N–H and O–H groups in total. The first kappa shape index (κ1) is 12.4. The fourth-order valence-electron chi connectivity index (χ4n) is 1.20. The third-order valence-electron chi connectivity index (χ3n) is 1.97. The molecule has 0 aliphatic heterocycles. The maximum absolute atomic E-state index is 11.8. The highest BCUT2D eigenvalue weighted by Crippen LogP contribution is 2.20. The van der Waals surface area contributed by atoms with Gasteiger partial charge in [-0.05, 0) is 42.5 Å². The number of halogens is 2. The molecule has 2 nitrogen and oxygen atoms in total. The number of rotatable bonds is 3. The van der Waals surface area contributed by atoms with Crippen molar-refractivity contribution in [1.29, 1.82) is 0 Å². The zero-order valence-corrected chi connectivity index (χ0v) is 10.9. The Bertz CT molecular complexity index is 540. The van der Waals surface area contributed by atoms with Gasteiger partial charge in [0.05, 0.1) is 4.90 Å². The van der Waals surface area contributed by atoms with E-state index in [1.54, 1.807) is 48.5 Å². The van der Waals surface area contributed by atoms with Gasteiger partial charge in [-0.25, -0.2) is 4.21 Å². The summed E-state index contributed by atoms with van der Waals surface area (Å²) in [5, 5.41) is 1.13. The molecule has 17 heavy (non-hydrogen) atoms. The van der Waals surface area contributed by atoms with Gasteiger partial charge in [-0.2, -0.15) is 0 Å². The van der Waals surface area contributed by atoms with Crippen LogP contribution in [0.4, 0.5) is 0 Å². The summed E-state index contributed by atoms with van der Waals surface area (Å²) < 4.78 is 17.1. The molecule has 0 radical (unpaired) electrons. The van der Waals surface area contributed by atoms with Crippen molar-refractivity contribution in [3.8, 4) is 5.75 Å². The molecular formula is C12H8Cl2O2S. The maximum atomic E-state index is 11.8. The summed E-state index contributed by atoms with van der Waals surface area (Å²) in [6.45, 7) is 0. The quantitative estimate of drug-likeness (QED) is 0.849. The molecule has 0 aliphatic rings. The minimum Gasteiger partial charge on any atom is -0.397 e. The van der Waals surface area contributed by atoms with Gasteiger partial charge in [0, 0.05) is 10.0 Å². The Morgan fingerprint density at radius 3 is 2.29 bits per heavy atom. The minimum atomic E-state index is -1.58. The Balaban J connectivity index is 2.14. The maximum Gasteiger partial charge on any atom is 0.240 e. The second-order valence-corrected chi connectivity index (χ2v) is 5.21. The smallest absolute Gasteiger partial charge is 0.240 e. The van der Waals surface area contributed by atoms with E-state index in [0.29, 0.717) is 20.7 Å². The van der Waals surface area contributed by atoms with Crippen LogP contribution in [0.25, 0.3) is 0 Å². The summed E-state index contributed by atoms with van der Waals surface area (Å²) >= 11 is 9.96. The van der Waals surface area contributed by atoms with E-state index in [0.717, 1.165) is 0 Å². The topological polar surface area (TPSA) is 26.3 Å². The van der Waals surface area contributed by atoms with Crippen LogP contribution in [0, 0.1) is 0 Å². The standard InChI is InChI=1S/C12H8Cl2O2S/c13-9-4-6-11(7-5-9)16-17(15)12-3-1-2-10(14)8-12/h1-8H. The van der Waals surface area contributed by atoms with Crippen molar-refractivity contribution in [3.63, 3.8) is 0 Å². The molecule has 0 aromatic heterocycles. The molecule has 0 heterocycles. The fourth-order valence-corrected chi connectivity index (χ4v) is 2.37. The van der Waals surface area contributed by atoms with Gasteiger partial charge in [0.25, 0.3) is 0 Å². The van der Waals surface area contributed by atoms with Gasteiger partial charge in [0.2, 0.25) is 11.1 Å². The van der Waals surface area contributed by atoms with Crippen molar-refractivity contribution in [3.05, 3.63) is 58.6 Å². The largest absolute Gasteiger partial charge is 0.397 e. The van der Waals surface area contributed by atoms with Gasteiger partial charge in [0.15, 0.2) is 0 Å². The van der Waals surface area contributed by atoms with E-state index < -0.39 is 11.1 Å². The Morgan fingerprint density at radius 1 is 0.941 bits per heavy atom. The van der Waals surface area contributed by atoms with Crippen LogP contribution >= 0.6 is 23.2 Å². The van der Waals surface area contributed by atoms with Gasteiger partial charge in [0.1, 0.15) is 5.75 Å².